The Labute approximate surface area is 133 Å². The van der Waals surface area contributed by atoms with E-state index in [4.69, 9.17) is 5.73 Å². The number of halogens is 9. The molecule has 0 aliphatic heterocycles. The minimum Gasteiger partial charge on any atom is -0.368 e. The molecular weight excluding hydrogens is 369 g/mol. The van der Waals surface area contributed by atoms with Crippen LogP contribution in [0, 0.1) is 0 Å². The molecule has 1 aromatic heterocycles. The first kappa shape index (κ1) is 18.8. The van der Waals surface area contributed by atoms with E-state index in [9.17, 15) is 39.5 Å². The van der Waals surface area contributed by atoms with Crippen LogP contribution in [0.3, 0.4) is 0 Å². The Bertz CT molecular complexity index is 759. The van der Waals surface area contributed by atoms with E-state index in [1.807, 2.05) is 0 Å². The van der Waals surface area contributed by atoms with Gasteiger partial charge in [-0.3, -0.25) is 0 Å². The van der Waals surface area contributed by atoms with E-state index in [0.717, 1.165) is 0 Å². The zero-order valence-corrected chi connectivity index (χ0v) is 11.7. The number of hydrogen-bond donors (Lipinski definition) is 1. The summed E-state index contributed by atoms with van der Waals surface area (Å²) in [7, 11) is 0. The molecule has 0 radical (unpaired) electrons. The average molecular weight is 375 g/mol. The lowest BCUT2D eigenvalue weighted by atomic mass is 10.0. The Morgan fingerprint density at radius 1 is 0.640 bits per heavy atom. The van der Waals surface area contributed by atoms with Gasteiger partial charge >= 0.3 is 18.5 Å². The highest BCUT2D eigenvalue weighted by Gasteiger charge is 2.38. The van der Waals surface area contributed by atoms with Crippen molar-refractivity contribution in [1.29, 1.82) is 0 Å². The Morgan fingerprint density at radius 2 is 1.12 bits per heavy atom. The molecule has 0 saturated heterocycles. The number of aromatic nitrogens is 2. The summed E-state index contributed by atoms with van der Waals surface area (Å²) in [5.74, 6) is -0.948. The third kappa shape index (κ3) is 4.31. The third-order valence-corrected chi connectivity index (χ3v) is 2.92. The summed E-state index contributed by atoms with van der Waals surface area (Å²) >= 11 is 0. The fraction of sp³-hybridized carbons (Fsp3) is 0.231. The molecule has 25 heavy (non-hydrogen) atoms. The van der Waals surface area contributed by atoms with Crippen molar-refractivity contribution in [1.82, 2.24) is 9.97 Å². The highest BCUT2D eigenvalue weighted by atomic mass is 19.4. The first-order valence-electron chi connectivity index (χ1n) is 6.19. The number of nitrogen functional groups attached to an aromatic ring is 1. The number of anilines is 1. The fourth-order valence-electron chi connectivity index (χ4n) is 1.86. The Morgan fingerprint density at radius 3 is 1.52 bits per heavy atom. The summed E-state index contributed by atoms with van der Waals surface area (Å²) in [6.45, 7) is 0. The quantitative estimate of drug-likeness (QED) is 0.730. The number of nitrogens with zero attached hydrogens (tertiary/aromatic N) is 2. The molecule has 0 fully saturated rings. The van der Waals surface area contributed by atoms with Crippen molar-refractivity contribution in [2.24, 2.45) is 0 Å². The van der Waals surface area contributed by atoms with E-state index in [1.165, 1.54) is 0 Å². The molecule has 1 heterocycles. The van der Waals surface area contributed by atoms with Gasteiger partial charge in [-0.25, -0.2) is 9.97 Å². The first-order valence-corrected chi connectivity index (χ1v) is 6.19. The minimum atomic E-state index is -5.15. The maximum Gasteiger partial charge on any atom is 0.433 e. The van der Waals surface area contributed by atoms with Crippen LogP contribution in [-0.4, -0.2) is 9.97 Å². The van der Waals surface area contributed by atoms with Gasteiger partial charge in [0.25, 0.3) is 0 Å². The lowest BCUT2D eigenvalue weighted by molar-refractivity contribution is -0.143. The van der Waals surface area contributed by atoms with E-state index >= 15 is 0 Å². The lowest BCUT2D eigenvalue weighted by Gasteiger charge is -2.15. The highest BCUT2D eigenvalue weighted by Crippen LogP contribution is 2.39. The van der Waals surface area contributed by atoms with E-state index in [0.29, 0.717) is 0 Å². The first-order chi connectivity index (χ1) is 11.2. The molecule has 0 aliphatic rings. The van der Waals surface area contributed by atoms with Crippen molar-refractivity contribution in [2.45, 2.75) is 18.5 Å². The van der Waals surface area contributed by atoms with Crippen molar-refractivity contribution in [3.63, 3.8) is 0 Å². The molecule has 0 saturated carbocycles. The Balaban J connectivity index is 2.73. The minimum absolute atomic E-state index is 0.154. The number of nitrogens with two attached hydrogens (primary N) is 1. The molecule has 2 aromatic rings. The van der Waals surface area contributed by atoms with Crippen molar-refractivity contribution in [3.8, 4) is 11.3 Å². The summed E-state index contributed by atoms with van der Waals surface area (Å²) in [5, 5.41) is 0. The molecule has 2 rings (SSSR count). The van der Waals surface area contributed by atoms with Crippen LogP contribution >= 0.6 is 0 Å². The molecule has 1 aromatic carbocycles. The molecule has 12 heteroatoms. The van der Waals surface area contributed by atoms with Crippen LogP contribution in [-0.2, 0) is 18.5 Å². The molecule has 136 valence electrons. The predicted molar refractivity (Wildman–Crippen MR) is 66.9 cm³/mol. The van der Waals surface area contributed by atoms with Gasteiger partial charge in [0, 0.05) is 5.56 Å². The summed E-state index contributed by atoms with van der Waals surface area (Å²) in [5.41, 5.74) is -1.56. The van der Waals surface area contributed by atoms with Crippen LogP contribution in [0.4, 0.5) is 45.5 Å². The van der Waals surface area contributed by atoms with Gasteiger partial charge in [0.15, 0.2) is 5.69 Å². The van der Waals surface area contributed by atoms with Crippen LogP contribution in [0.25, 0.3) is 11.3 Å². The van der Waals surface area contributed by atoms with E-state index in [2.05, 4.69) is 9.97 Å². The van der Waals surface area contributed by atoms with Crippen molar-refractivity contribution in [2.75, 3.05) is 5.73 Å². The number of rotatable bonds is 1. The topological polar surface area (TPSA) is 51.8 Å². The summed E-state index contributed by atoms with van der Waals surface area (Å²) in [4.78, 5) is 6.17. The zero-order chi connectivity index (χ0) is 19.2. The van der Waals surface area contributed by atoms with Gasteiger partial charge in [-0.2, -0.15) is 39.5 Å². The highest BCUT2D eigenvalue weighted by molar-refractivity contribution is 5.63. The van der Waals surface area contributed by atoms with Gasteiger partial charge in [0.05, 0.1) is 16.8 Å². The molecule has 0 unspecified atom stereocenters. The maximum absolute atomic E-state index is 12.8. The molecule has 0 spiro atoms. The SMILES string of the molecule is Nc1nc(-c2cc(C(F)(F)F)cc(C(F)(F)F)c2)cc(C(F)(F)F)n1. The molecule has 0 aliphatic carbocycles. The largest absolute Gasteiger partial charge is 0.433 e. The van der Waals surface area contributed by atoms with Gasteiger partial charge in [-0.05, 0) is 24.3 Å². The summed E-state index contributed by atoms with van der Waals surface area (Å²) < 4.78 is 115. The second kappa shape index (κ2) is 5.77. The molecule has 0 atom stereocenters. The number of alkyl halides is 9. The lowest BCUT2D eigenvalue weighted by Crippen LogP contribution is -2.13. The fourth-order valence-corrected chi connectivity index (χ4v) is 1.86. The van der Waals surface area contributed by atoms with Crippen LogP contribution in [0.1, 0.15) is 16.8 Å². The second-order valence-electron chi connectivity index (χ2n) is 4.79. The van der Waals surface area contributed by atoms with Gasteiger partial charge < -0.3 is 5.73 Å². The van der Waals surface area contributed by atoms with Gasteiger partial charge in [0.1, 0.15) is 0 Å². The third-order valence-electron chi connectivity index (χ3n) is 2.92. The second-order valence-corrected chi connectivity index (χ2v) is 4.79. The molecule has 0 bridgehead atoms. The molecule has 0 amide bonds. The predicted octanol–water partition coefficient (Wildman–Crippen LogP) is 4.78. The van der Waals surface area contributed by atoms with Crippen LogP contribution < -0.4 is 5.73 Å². The summed E-state index contributed by atoms with van der Waals surface area (Å²) in [6, 6.07) is 0.555. The van der Waals surface area contributed by atoms with Gasteiger partial charge in [0.2, 0.25) is 5.95 Å². The zero-order valence-electron chi connectivity index (χ0n) is 11.7. The maximum atomic E-state index is 12.8. The smallest absolute Gasteiger partial charge is 0.368 e. The van der Waals surface area contributed by atoms with Crippen LogP contribution in [0.2, 0.25) is 0 Å². The Hall–Kier alpha value is -2.53. The normalized spacial score (nSPS) is 13.2. The van der Waals surface area contributed by atoms with Crippen molar-refractivity contribution >= 4 is 5.95 Å². The van der Waals surface area contributed by atoms with Gasteiger partial charge in [-0.15, -0.1) is 0 Å². The van der Waals surface area contributed by atoms with Crippen LogP contribution in [0.5, 0.6) is 0 Å². The van der Waals surface area contributed by atoms with Crippen LogP contribution in [0.15, 0.2) is 24.3 Å². The van der Waals surface area contributed by atoms with Crippen molar-refractivity contribution < 1.29 is 39.5 Å². The van der Waals surface area contributed by atoms with Gasteiger partial charge in [-0.1, -0.05) is 0 Å². The molecule has 3 nitrogen and oxygen atoms in total. The number of benzene rings is 1. The van der Waals surface area contributed by atoms with E-state index < -0.39 is 52.6 Å². The average Bonchev–Trinajstić information content (AvgIpc) is 2.43. The standard InChI is InChI=1S/C13H6F9N3/c14-11(15,16)6-1-5(2-7(3-6)12(17,18)19)8-4-9(13(20,21)22)25-10(23)24-8/h1-4H,(H2,23,24,25). The van der Waals surface area contributed by atoms with E-state index in [-0.39, 0.29) is 24.3 Å². The molecule has 2 N–H and O–H groups in total. The molecular formula is C13H6F9N3. The monoisotopic (exact) mass is 375 g/mol. The number of hydrogen-bond acceptors (Lipinski definition) is 3. The Kier molecular flexibility index (Phi) is 4.34. The van der Waals surface area contributed by atoms with Crippen molar-refractivity contribution in [3.05, 3.63) is 41.1 Å². The van der Waals surface area contributed by atoms with E-state index in [1.54, 1.807) is 0 Å². The summed E-state index contributed by atoms with van der Waals surface area (Å²) in [6.07, 6.45) is -15.3.